The number of hydrogen-bond donors (Lipinski definition) is 1. The zero-order chi connectivity index (χ0) is 15.0. The van der Waals surface area contributed by atoms with Crippen molar-refractivity contribution in [3.05, 3.63) is 35.4 Å². The summed E-state index contributed by atoms with van der Waals surface area (Å²) in [5.41, 5.74) is 3.16. The van der Waals surface area contributed by atoms with Gasteiger partial charge >= 0.3 is 0 Å². The Labute approximate surface area is 126 Å². The molecule has 1 unspecified atom stereocenters. The normalized spacial score (nSPS) is 13.4. The fraction of sp³-hybridized carbons (Fsp3) is 0.684. The first-order valence-corrected chi connectivity index (χ1v) is 8.30. The van der Waals surface area contributed by atoms with Gasteiger partial charge in [0.1, 0.15) is 0 Å². The monoisotopic (exact) mass is 275 g/mol. The molecule has 0 saturated heterocycles. The highest BCUT2D eigenvalue weighted by atomic mass is 14.9. The Morgan fingerprint density at radius 3 is 2.20 bits per heavy atom. The molecular formula is C19H33N. The Morgan fingerprint density at radius 2 is 1.70 bits per heavy atom. The van der Waals surface area contributed by atoms with E-state index in [0.29, 0.717) is 6.04 Å². The lowest BCUT2D eigenvalue weighted by Crippen LogP contribution is -2.29. The summed E-state index contributed by atoms with van der Waals surface area (Å²) >= 11 is 0. The predicted octanol–water partition coefficient (Wildman–Crippen LogP) is 5.09. The molecule has 20 heavy (non-hydrogen) atoms. The van der Waals surface area contributed by atoms with Crippen molar-refractivity contribution in [2.24, 2.45) is 0 Å². The zero-order valence-electron chi connectivity index (χ0n) is 14.1. The van der Waals surface area contributed by atoms with Crippen LogP contribution >= 0.6 is 0 Å². The van der Waals surface area contributed by atoms with Crippen LogP contribution in [0, 0.1) is 0 Å². The Kier molecular flexibility index (Phi) is 7.29. The van der Waals surface area contributed by atoms with Crippen molar-refractivity contribution in [1.82, 2.24) is 5.32 Å². The van der Waals surface area contributed by atoms with Gasteiger partial charge in [0.15, 0.2) is 0 Å². The smallest absolute Gasteiger partial charge is 0.00645 e. The van der Waals surface area contributed by atoms with E-state index in [4.69, 9.17) is 0 Å². The van der Waals surface area contributed by atoms with E-state index in [1.165, 1.54) is 43.2 Å². The first-order valence-electron chi connectivity index (χ1n) is 8.30. The number of benzene rings is 1. The van der Waals surface area contributed by atoms with E-state index >= 15 is 0 Å². The van der Waals surface area contributed by atoms with E-state index in [1.807, 2.05) is 0 Å². The predicted molar refractivity (Wildman–Crippen MR) is 90.5 cm³/mol. The summed E-state index contributed by atoms with van der Waals surface area (Å²) in [4.78, 5) is 0. The molecule has 0 amide bonds. The summed E-state index contributed by atoms with van der Waals surface area (Å²) in [5, 5.41) is 3.63. The SMILES string of the molecule is CCCNC(CC)CCCc1ccc(C(C)(C)C)cc1. The van der Waals surface area contributed by atoms with Gasteiger partial charge in [-0.2, -0.15) is 0 Å². The van der Waals surface area contributed by atoms with Crippen LogP contribution in [0.25, 0.3) is 0 Å². The molecular weight excluding hydrogens is 242 g/mol. The summed E-state index contributed by atoms with van der Waals surface area (Å²) in [6.07, 6.45) is 6.24. The van der Waals surface area contributed by atoms with Gasteiger partial charge in [0, 0.05) is 6.04 Å². The molecule has 0 aliphatic carbocycles. The van der Waals surface area contributed by atoms with Crippen molar-refractivity contribution in [2.75, 3.05) is 6.54 Å². The summed E-state index contributed by atoms with van der Waals surface area (Å²) in [7, 11) is 0. The van der Waals surface area contributed by atoms with Gasteiger partial charge in [0.25, 0.3) is 0 Å². The van der Waals surface area contributed by atoms with Crippen LogP contribution in [0.4, 0.5) is 0 Å². The standard InChI is InChI=1S/C19H33N/c1-6-15-20-18(7-2)10-8-9-16-11-13-17(14-12-16)19(3,4)5/h11-14,18,20H,6-10,15H2,1-5H3. The molecule has 0 aliphatic rings. The van der Waals surface area contributed by atoms with Crippen LogP contribution in [0.1, 0.15) is 71.4 Å². The number of nitrogens with one attached hydrogen (secondary N) is 1. The maximum absolute atomic E-state index is 3.63. The van der Waals surface area contributed by atoms with E-state index in [9.17, 15) is 0 Å². The van der Waals surface area contributed by atoms with E-state index < -0.39 is 0 Å². The highest BCUT2D eigenvalue weighted by Crippen LogP contribution is 2.22. The Bertz CT molecular complexity index is 358. The molecule has 1 heteroatoms. The molecule has 0 aliphatic heterocycles. The van der Waals surface area contributed by atoms with E-state index in [0.717, 1.165) is 6.54 Å². The number of rotatable bonds is 8. The fourth-order valence-corrected chi connectivity index (χ4v) is 2.52. The average Bonchev–Trinajstić information content (AvgIpc) is 2.42. The maximum atomic E-state index is 3.63. The maximum Gasteiger partial charge on any atom is 0.00645 e. The zero-order valence-corrected chi connectivity index (χ0v) is 14.1. The lowest BCUT2D eigenvalue weighted by molar-refractivity contribution is 0.456. The van der Waals surface area contributed by atoms with Crippen molar-refractivity contribution in [3.63, 3.8) is 0 Å². The minimum Gasteiger partial charge on any atom is -0.314 e. The fourth-order valence-electron chi connectivity index (χ4n) is 2.52. The second kappa shape index (κ2) is 8.46. The lowest BCUT2D eigenvalue weighted by atomic mass is 9.86. The molecule has 1 atom stereocenters. The summed E-state index contributed by atoms with van der Waals surface area (Å²) in [6.45, 7) is 12.5. The highest BCUT2D eigenvalue weighted by molar-refractivity contribution is 5.27. The van der Waals surface area contributed by atoms with E-state index in [2.05, 4.69) is 64.2 Å². The minimum absolute atomic E-state index is 0.260. The molecule has 1 N–H and O–H groups in total. The summed E-state index contributed by atoms with van der Waals surface area (Å²) in [5.74, 6) is 0. The molecule has 0 radical (unpaired) electrons. The molecule has 114 valence electrons. The third-order valence-electron chi connectivity index (χ3n) is 4.01. The van der Waals surface area contributed by atoms with Gasteiger partial charge in [-0.3, -0.25) is 0 Å². The summed E-state index contributed by atoms with van der Waals surface area (Å²) < 4.78 is 0. The van der Waals surface area contributed by atoms with Crippen LogP contribution in [0.3, 0.4) is 0 Å². The van der Waals surface area contributed by atoms with Crippen LogP contribution < -0.4 is 5.32 Å². The Morgan fingerprint density at radius 1 is 1.05 bits per heavy atom. The molecule has 0 bridgehead atoms. The summed E-state index contributed by atoms with van der Waals surface area (Å²) in [6, 6.07) is 9.90. The van der Waals surface area contributed by atoms with Crippen LogP contribution in [0.5, 0.6) is 0 Å². The second-order valence-electron chi connectivity index (χ2n) is 6.90. The molecule has 0 spiro atoms. The average molecular weight is 275 g/mol. The molecule has 0 heterocycles. The Balaban J connectivity index is 2.38. The van der Waals surface area contributed by atoms with E-state index in [-0.39, 0.29) is 5.41 Å². The lowest BCUT2D eigenvalue weighted by Gasteiger charge is -2.19. The molecule has 1 rings (SSSR count). The Hall–Kier alpha value is -0.820. The molecule has 1 aromatic carbocycles. The van der Waals surface area contributed by atoms with Crippen LogP contribution in [-0.4, -0.2) is 12.6 Å². The third kappa shape index (κ3) is 6.09. The first kappa shape index (κ1) is 17.2. The number of hydrogen-bond acceptors (Lipinski definition) is 1. The topological polar surface area (TPSA) is 12.0 Å². The largest absolute Gasteiger partial charge is 0.314 e. The van der Waals surface area contributed by atoms with Crippen LogP contribution in [-0.2, 0) is 11.8 Å². The van der Waals surface area contributed by atoms with Gasteiger partial charge < -0.3 is 5.32 Å². The van der Waals surface area contributed by atoms with Gasteiger partial charge in [-0.05, 0) is 55.2 Å². The molecule has 0 saturated carbocycles. The van der Waals surface area contributed by atoms with Gasteiger partial charge in [-0.25, -0.2) is 0 Å². The van der Waals surface area contributed by atoms with Crippen molar-refractivity contribution < 1.29 is 0 Å². The van der Waals surface area contributed by atoms with Gasteiger partial charge in [0.2, 0.25) is 0 Å². The van der Waals surface area contributed by atoms with Crippen LogP contribution in [0.15, 0.2) is 24.3 Å². The second-order valence-corrected chi connectivity index (χ2v) is 6.90. The quantitative estimate of drug-likeness (QED) is 0.697. The van der Waals surface area contributed by atoms with Gasteiger partial charge in [-0.1, -0.05) is 58.9 Å². The number of aryl methyl sites for hydroxylation is 1. The van der Waals surface area contributed by atoms with Crippen LogP contribution in [0.2, 0.25) is 0 Å². The molecule has 1 nitrogen and oxygen atoms in total. The van der Waals surface area contributed by atoms with Crippen molar-refractivity contribution in [3.8, 4) is 0 Å². The van der Waals surface area contributed by atoms with Gasteiger partial charge in [0.05, 0.1) is 0 Å². The van der Waals surface area contributed by atoms with Crippen molar-refractivity contribution in [1.29, 1.82) is 0 Å². The first-order chi connectivity index (χ1) is 9.47. The highest BCUT2D eigenvalue weighted by Gasteiger charge is 2.12. The van der Waals surface area contributed by atoms with Gasteiger partial charge in [-0.15, -0.1) is 0 Å². The van der Waals surface area contributed by atoms with Crippen molar-refractivity contribution >= 4 is 0 Å². The molecule has 0 aromatic heterocycles. The molecule has 0 fully saturated rings. The molecule has 1 aromatic rings. The van der Waals surface area contributed by atoms with Crippen molar-refractivity contribution in [2.45, 2.75) is 78.2 Å². The van der Waals surface area contributed by atoms with E-state index in [1.54, 1.807) is 0 Å². The third-order valence-corrected chi connectivity index (χ3v) is 4.01. The minimum atomic E-state index is 0.260.